The summed E-state index contributed by atoms with van der Waals surface area (Å²) >= 11 is 0. The summed E-state index contributed by atoms with van der Waals surface area (Å²) in [5.74, 6) is -0.688. The van der Waals surface area contributed by atoms with Crippen LogP contribution in [0.2, 0.25) is 0 Å². The molecule has 1 aromatic carbocycles. The zero-order chi connectivity index (χ0) is 12.3. The van der Waals surface area contributed by atoms with Crippen molar-refractivity contribution in [1.82, 2.24) is 10.2 Å². The number of halogens is 3. The Bertz CT molecular complexity index is 387. The molecular weight excluding hydrogens is 258 g/mol. The first kappa shape index (κ1) is 15.3. The van der Waals surface area contributed by atoms with Crippen LogP contribution >= 0.6 is 12.4 Å². The summed E-state index contributed by atoms with van der Waals surface area (Å²) in [6.45, 7) is 2.36. The van der Waals surface area contributed by atoms with Crippen LogP contribution in [-0.4, -0.2) is 31.1 Å². The van der Waals surface area contributed by atoms with E-state index in [9.17, 15) is 8.78 Å². The number of hydrogen-bond acceptors (Lipinski definition) is 2. The predicted octanol–water partition coefficient (Wildman–Crippen LogP) is 2.57. The molecule has 2 rings (SSSR count). The molecule has 0 spiro atoms. The van der Waals surface area contributed by atoms with Crippen molar-refractivity contribution in [2.24, 2.45) is 0 Å². The van der Waals surface area contributed by atoms with Crippen molar-refractivity contribution in [3.8, 4) is 0 Å². The Balaban J connectivity index is 0.00000162. The molecule has 1 unspecified atom stereocenters. The fourth-order valence-electron chi connectivity index (χ4n) is 2.45. The molecule has 0 amide bonds. The summed E-state index contributed by atoms with van der Waals surface area (Å²) in [5, 5.41) is 3.14. The minimum absolute atomic E-state index is 0. The molecule has 5 heteroatoms. The molecule has 1 aliphatic rings. The molecule has 0 aromatic heterocycles. The van der Waals surface area contributed by atoms with Crippen LogP contribution in [0.25, 0.3) is 0 Å². The van der Waals surface area contributed by atoms with Crippen molar-refractivity contribution in [2.45, 2.75) is 25.4 Å². The van der Waals surface area contributed by atoms with Gasteiger partial charge in [-0.1, -0.05) is 0 Å². The van der Waals surface area contributed by atoms with Gasteiger partial charge in [-0.2, -0.15) is 0 Å². The Morgan fingerprint density at radius 3 is 2.89 bits per heavy atom. The predicted molar refractivity (Wildman–Crippen MR) is 71.0 cm³/mol. The van der Waals surface area contributed by atoms with Gasteiger partial charge in [0.15, 0.2) is 0 Å². The maximum Gasteiger partial charge on any atom is 0.127 e. The number of nitrogens with zero attached hydrogens (tertiary/aromatic N) is 1. The van der Waals surface area contributed by atoms with Gasteiger partial charge < -0.3 is 5.32 Å². The number of likely N-dealkylation sites (tertiary alicyclic amines) is 1. The Morgan fingerprint density at radius 2 is 2.17 bits per heavy atom. The highest BCUT2D eigenvalue weighted by Gasteiger charge is 2.24. The van der Waals surface area contributed by atoms with E-state index in [2.05, 4.69) is 10.2 Å². The molecule has 102 valence electrons. The summed E-state index contributed by atoms with van der Waals surface area (Å²) in [6, 6.07) is 4.09. The van der Waals surface area contributed by atoms with Gasteiger partial charge in [-0.3, -0.25) is 4.90 Å². The highest BCUT2D eigenvalue weighted by molar-refractivity contribution is 5.85. The van der Waals surface area contributed by atoms with E-state index in [0.717, 1.165) is 32.0 Å². The second kappa shape index (κ2) is 7.02. The lowest BCUT2D eigenvalue weighted by Crippen LogP contribution is -2.36. The molecular formula is C13H19ClF2N2. The number of nitrogens with one attached hydrogen (secondary N) is 1. The molecule has 0 radical (unpaired) electrons. The third kappa shape index (κ3) is 3.64. The Morgan fingerprint density at radius 1 is 1.39 bits per heavy atom. The van der Waals surface area contributed by atoms with Gasteiger partial charge in [0, 0.05) is 24.7 Å². The molecule has 0 bridgehead atoms. The molecule has 1 N–H and O–H groups in total. The zero-order valence-electron chi connectivity index (χ0n) is 10.5. The molecule has 0 aliphatic carbocycles. The van der Waals surface area contributed by atoms with Crippen LogP contribution in [0, 0.1) is 11.6 Å². The smallest absolute Gasteiger partial charge is 0.127 e. The monoisotopic (exact) mass is 276 g/mol. The second-order valence-corrected chi connectivity index (χ2v) is 4.56. The quantitative estimate of drug-likeness (QED) is 0.909. The molecule has 1 heterocycles. The first-order valence-corrected chi connectivity index (χ1v) is 6.03. The van der Waals surface area contributed by atoms with Crippen LogP contribution in [0.15, 0.2) is 18.2 Å². The second-order valence-electron chi connectivity index (χ2n) is 4.56. The van der Waals surface area contributed by atoms with Crippen molar-refractivity contribution >= 4 is 12.4 Å². The number of benzene rings is 1. The van der Waals surface area contributed by atoms with Gasteiger partial charge in [0.1, 0.15) is 11.6 Å². The number of likely N-dealkylation sites (N-methyl/N-ethyl adjacent to an activating group) is 1. The first-order chi connectivity index (χ1) is 8.20. The lowest BCUT2D eigenvalue weighted by Gasteiger charge is -2.24. The fraction of sp³-hybridized carbons (Fsp3) is 0.538. The molecule has 1 atom stereocenters. The fourth-order valence-corrected chi connectivity index (χ4v) is 2.45. The van der Waals surface area contributed by atoms with Crippen molar-refractivity contribution in [3.63, 3.8) is 0 Å². The normalized spacial score (nSPS) is 19.8. The summed E-state index contributed by atoms with van der Waals surface area (Å²) in [4.78, 5) is 2.22. The van der Waals surface area contributed by atoms with Gasteiger partial charge in [0.05, 0.1) is 0 Å². The molecule has 1 aliphatic heterocycles. The highest BCUT2D eigenvalue weighted by atomic mass is 35.5. The van der Waals surface area contributed by atoms with Crippen molar-refractivity contribution in [2.75, 3.05) is 20.1 Å². The first-order valence-electron chi connectivity index (χ1n) is 6.03. The summed E-state index contributed by atoms with van der Waals surface area (Å²) in [6.07, 6.45) is 2.25. The molecule has 0 saturated carbocycles. The van der Waals surface area contributed by atoms with Crippen LogP contribution in [0.5, 0.6) is 0 Å². The Labute approximate surface area is 113 Å². The average molecular weight is 277 g/mol. The minimum Gasteiger partial charge on any atom is -0.318 e. The van der Waals surface area contributed by atoms with E-state index in [0.29, 0.717) is 18.2 Å². The molecule has 1 aromatic rings. The lowest BCUT2D eigenvalue weighted by molar-refractivity contribution is 0.239. The molecule has 1 fully saturated rings. The van der Waals surface area contributed by atoms with Gasteiger partial charge in [0.25, 0.3) is 0 Å². The maximum atomic E-state index is 13.5. The van der Waals surface area contributed by atoms with Crippen LogP contribution in [-0.2, 0) is 6.54 Å². The van der Waals surface area contributed by atoms with Gasteiger partial charge in [-0.15, -0.1) is 12.4 Å². The number of hydrogen-bond donors (Lipinski definition) is 1. The van der Waals surface area contributed by atoms with Gasteiger partial charge in [-0.05, 0) is 44.6 Å². The van der Waals surface area contributed by atoms with Gasteiger partial charge in [0.2, 0.25) is 0 Å². The number of rotatable bonds is 4. The third-order valence-corrected chi connectivity index (χ3v) is 3.32. The SMILES string of the molecule is CNCC1CCCN1Cc1cc(F)ccc1F.Cl. The van der Waals surface area contributed by atoms with E-state index in [-0.39, 0.29) is 24.0 Å². The molecule has 18 heavy (non-hydrogen) atoms. The maximum absolute atomic E-state index is 13.5. The zero-order valence-corrected chi connectivity index (χ0v) is 11.3. The van der Waals surface area contributed by atoms with Crippen LogP contribution in [0.1, 0.15) is 18.4 Å². The van der Waals surface area contributed by atoms with Crippen LogP contribution < -0.4 is 5.32 Å². The van der Waals surface area contributed by atoms with E-state index < -0.39 is 0 Å². The molecule has 1 saturated heterocycles. The Hall–Kier alpha value is -0.710. The highest BCUT2D eigenvalue weighted by Crippen LogP contribution is 2.21. The summed E-state index contributed by atoms with van der Waals surface area (Å²) in [7, 11) is 1.92. The Kier molecular flexibility index (Phi) is 5.99. The van der Waals surface area contributed by atoms with Crippen molar-refractivity contribution in [3.05, 3.63) is 35.4 Å². The lowest BCUT2D eigenvalue weighted by atomic mass is 10.1. The van der Waals surface area contributed by atoms with Crippen LogP contribution in [0.4, 0.5) is 8.78 Å². The van der Waals surface area contributed by atoms with E-state index in [4.69, 9.17) is 0 Å². The van der Waals surface area contributed by atoms with E-state index in [1.807, 2.05) is 7.05 Å². The van der Waals surface area contributed by atoms with Gasteiger partial charge in [-0.25, -0.2) is 8.78 Å². The minimum atomic E-state index is -0.370. The van der Waals surface area contributed by atoms with Crippen molar-refractivity contribution < 1.29 is 8.78 Å². The average Bonchev–Trinajstić information content (AvgIpc) is 2.72. The standard InChI is InChI=1S/C13H18F2N2.ClH/c1-16-8-12-3-2-6-17(12)9-10-7-11(14)4-5-13(10)15;/h4-5,7,12,16H,2-3,6,8-9H2,1H3;1H. The van der Waals surface area contributed by atoms with Gasteiger partial charge >= 0.3 is 0 Å². The topological polar surface area (TPSA) is 15.3 Å². The van der Waals surface area contributed by atoms with E-state index in [1.54, 1.807) is 0 Å². The largest absolute Gasteiger partial charge is 0.318 e. The van der Waals surface area contributed by atoms with E-state index in [1.165, 1.54) is 12.1 Å². The van der Waals surface area contributed by atoms with Crippen LogP contribution in [0.3, 0.4) is 0 Å². The third-order valence-electron chi connectivity index (χ3n) is 3.32. The summed E-state index contributed by atoms with van der Waals surface area (Å²) < 4.78 is 26.6. The van der Waals surface area contributed by atoms with E-state index >= 15 is 0 Å². The molecule has 2 nitrogen and oxygen atoms in total. The summed E-state index contributed by atoms with van der Waals surface area (Å²) in [5.41, 5.74) is 0.452. The van der Waals surface area contributed by atoms with Crippen molar-refractivity contribution in [1.29, 1.82) is 0 Å².